The summed E-state index contributed by atoms with van der Waals surface area (Å²) in [6, 6.07) is 13.8. The van der Waals surface area contributed by atoms with Crippen LogP contribution in [0, 0.1) is 13.8 Å². The summed E-state index contributed by atoms with van der Waals surface area (Å²) in [5, 5.41) is 14.9. The zero-order valence-corrected chi connectivity index (χ0v) is 16.4. The van der Waals surface area contributed by atoms with Crippen LogP contribution in [-0.2, 0) is 14.4 Å². The van der Waals surface area contributed by atoms with Gasteiger partial charge in [0.25, 0.3) is 0 Å². The van der Waals surface area contributed by atoms with Crippen molar-refractivity contribution in [2.45, 2.75) is 45.7 Å². The second kappa shape index (κ2) is 9.69. The monoisotopic (exact) mass is 382 g/mol. The standard InChI is InChI=1S/C22H26N2O4/c1-14-8-10-17(11-9-14)19(23-16(3)25)12-21(26)24-20(13-22(27)28)18-7-5-4-6-15(18)2/h4-11,19-20H,12-13H2,1-3H3,(H,23,25)(H,24,26)(H,27,28). The van der Waals surface area contributed by atoms with Crippen LogP contribution in [0.2, 0.25) is 0 Å². The molecular weight excluding hydrogens is 356 g/mol. The summed E-state index contributed by atoms with van der Waals surface area (Å²) in [6.45, 7) is 5.24. The van der Waals surface area contributed by atoms with Gasteiger partial charge >= 0.3 is 5.97 Å². The lowest BCUT2D eigenvalue weighted by Gasteiger charge is -2.22. The maximum Gasteiger partial charge on any atom is 0.305 e. The molecule has 2 atom stereocenters. The zero-order chi connectivity index (χ0) is 20.7. The number of rotatable bonds is 8. The van der Waals surface area contributed by atoms with E-state index in [1.807, 2.05) is 62.4 Å². The molecule has 0 spiro atoms. The Morgan fingerprint density at radius 3 is 2.11 bits per heavy atom. The summed E-state index contributed by atoms with van der Waals surface area (Å²) >= 11 is 0. The van der Waals surface area contributed by atoms with Crippen molar-refractivity contribution in [2.75, 3.05) is 0 Å². The molecule has 0 aliphatic rings. The van der Waals surface area contributed by atoms with Crippen molar-refractivity contribution in [3.63, 3.8) is 0 Å². The van der Waals surface area contributed by atoms with Gasteiger partial charge in [-0.3, -0.25) is 14.4 Å². The number of carboxylic acid groups (broad SMARTS) is 1. The van der Waals surface area contributed by atoms with Gasteiger partial charge in [0, 0.05) is 6.92 Å². The first kappa shape index (κ1) is 21.2. The predicted molar refractivity (Wildman–Crippen MR) is 107 cm³/mol. The lowest BCUT2D eigenvalue weighted by Crippen LogP contribution is -2.35. The molecule has 0 bridgehead atoms. The molecule has 148 valence electrons. The highest BCUT2D eigenvalue weighted by molar-refractivity contribution is 5.80. The quantitative estimate of drug-likeness (QED) is 0.653. The number of carboxylic acids is 1. The third-order valence-electron chi connectivity index (χ3n) is 4.52. The molecule has 0 heterocycles. The van der Waals surface area contributed by atoms with Crippen LogP contribution >= 0.6 is 0 Å². The predicted octanol–water partition coefficient (Wildman–Crippen LogP) is 3.20. The molecule has 0 aromatic heterocycles. The highest BCUT2D eigenvalue weighted by atomic mass is 16.4. The first-order valence-corrected chi connectivity index (χ1v) is 9.16. The minimum absolute atomic E-state index is 0.0185. The van der Waals surface area contributed by atoms with E-state index in [9.17, 15) is 19.5 Å². The van der Waals surface area contributed by atoms with E-state index in [0.29, 0.717) is 0 Å². The number of amides is 2. The fourth-order valence-corrected chi connectivity index (χ4v) is 3.13. The van der Waals surface area contributed by atoms with Gasteiger partial charge in [-0.15, -0.1) is 0 Å². The first-order chi connectivity index (χ1) is 13.3. The van der Waals surface area contributed by atoms with E-state index in [0.717, 1.165) is 22.3 Å². The second-order valence-electron chi connectivity index (χ2n) is 6.94. The first-order valence-electron chi connectivity index (χ1n) is 9.16. The topological polar surface area (TPSA) is 95.5 Å². The number of carbonyl (C=O) groups excluding carboxylic acids is 2. The van der Waals surface area contributed by atoms with E-state index in [1.54, 1.807) is 0 Å². The zero-order valence-electron chi connectivity index (χ0n) is 16.4. The number of carbonyl (C=O) groups is 3. The Bertz CT molecular complexity index is 846. The van der Waals surface area contributed by atoms with Crippen LogP contribution in [0.25, 0.3) is 0 Å². The minimum atomic E-state index is -0.995. The average molecular weight is 382 g/mol. The van der Waals surface area contributed by atoms with Crippen molar-refractivity contribution < 1.29 is 19.5 Å². The Kier molecular flexibility index (Phi) is 7.32. The maximum absolute atomic E-state index is 12.7. The third-order valence-corrected chi connectivity index (χ3v) is 4.52. The van der Waals surface area contributed by atoms with Crippen molar-refractivity contribution in [2.24, 2.45) is 0 Å². The molecular formula is C22H26N2O4. The van der Waals surface area contributed by atoms with Crippen molar-refractivity contribution in [3.05, 3.63) is 70.8 Å². The molecule has 0 aliphatic carbocycles. The Balaban J connectivity index is 2.18. The number of nitrogens with one attached hydrogen (secondary N) is 2. The van der Waals surface area contributed by atoms with Crippen LogP contribution in [0.5, 0.6) is 0 Å². The lowest BCUT2D eigenvalue weighted by molar-refractivity contribution is -0.137. The van der Waals surface area contributed by atoms with Crippen LogP contribution in [0.1, 0.15) is 54.1 Å². The molecule has 2 aromatic carbocycles. The Morgan fingerprint density at radius 1 is 0.893 bits per heavy atom. The molecule has 2 amide bonds. The summed E-state index contributed by atoms with van der Waals surface area (Å²) < 4.78 is 0. The molecule has 2 rings (SSSR count). The molecule has 0 saturated heterocycles. The highest BCUT2D eigenvalue weighted by Gasteiger charge is 2.23. The molecule has 2 unspecified atom stereocenters. The molecule has 0 fully saturated rings. The van der Waals surface area contributed by atoms with Crippen LogP contribution < -0.4 is 10.6 Å². The number of hydrogen-bond acceptors (Lipinski definition) is 3. The van der Waals surface area contributed by atoms with Crippen LogP contribution in [-0.4, -0.2) is 22.9 Å². The summed E-state index contributed by atoms with van der Waals surface area (Å²) in [6.07, 6.45) is -0.198. The summed E-state index contributed by atoms with van der Waals surface area (Å²) in [7, 11) is 0. The van der Waals surface area contributed by atoms with E-state index in [2.05, 4.69) is 10.6 Å². The fraction of sp³-hybridized carbons (Fsp3) is 0.318. The van der Waals surface area contributed by atoms with Crippen molar-refractivity contribution in [1.29, 1.82) is 0 Å². The van der Waals surface area contributed by atoms with Gasteiger partial charge in [0.2, 0.25) is 11.8 Å². The Morgan fingerprint density at radius 2 is 1.54 bits per heavy atom. The van der Waals surface area contributed by atoms with E-state index >= 15 is 0 Å². The molecule has 3 N–H and O–H groups in total. The smallest absolute Gasteiger partial charge is 0.305 e. The molecule has 28 heavy (non-hydrogen) atoms. The van der Waals surface area contributed by atoms with Crippen molar-refractivity contribution >= 4 is 17.8 Å². The lowest BCUT2D eigenvalue weighted by atomic mass is 9.97. The van der Waals surface area contributed by atoms with Gasteiger partial charge in [-0.05, 0) is 30.5 Å². The van der Waals surface area contributed by atoms with Crippen molar-refractivity contribution in [3.8, 4) is 0 Å². The minimum Gasteiger partial charge on any atom is -0.481 e. The number of hydrogen-bond donors (Lipinski definition) is 3. The third kappa shape index (κ3) is 6.23. The van der Waals surface area contributed by atoms with E-state index in [4.69, 9.17) is 0 Å². The van der Waals surface area contributed by atoms with Crippen LogP contribution in [0.15, 0.2) is 48.5 Å². The summed E-state index contributed by atoms with van der Waals surface area (Å²) in [5.41, 5.74) is 3.58. The normalized spacial score (nSPS) is 12.7. The SMILES string of the molecule is CC(=O)NC(CC(=O)NC(CC(=O)O)c1ccccc1C)c1ccc(C)cc1. The van der Waals surface area contributed by atoms with Crippen LogP contribution in [0.3, 0.4) is 0 Å². The molecule has 0 saturated carbocycles. The number of aryl methyl sites for hydroxylation is 2. The fourth-order valence-electron chi connectivity index (χ4n) is 3.13. The molecule has 6 nitrogen and oxygen atoms in total. The summed E-state index contributed by atoms with van der Waals surface area (Å²) in [4.78, 5) is 35.6. The molecule has 6 heteroatoms. The van der Waals surface area contributed by atoms with Gasteiger partial charge in [-0.25, -0.2) is 0 Å². The number of benzene rings is 2. The van der Waals surface area contributed by atoms with Gasteiger partial charge in [-0.2, -0.15) is 0 Å². The Labute approximate surface area is 165 Å². The van der Waals surface area contributed by atoms with Crippen molar-refractivity contribution in [1.82, 2.24) is 10.6 Å². The van der Waals surface area contributed by atoms with Gasteiger partial charge in [-0.1, -0.05) is 54.1 Å². The highest BCUT2D eigenvalue weighted by Crippen LogP contribution is 2.23. The van der Waals surface area contributed by atoms with E-state index in [1.165, 1.54) is 6.92 Å². The molecule has 0 aliphatic heterocycles. The maximum atomic E-state index is 12.7. The number of aliphatic carboxylic acids is 1. The molecule has 0 radical (unpaired) electrons. The van der Waals surface area contributed by atoms with Gasteiger partial charge in [0.1, 0.15) is 0 Å². The van der Waals surface area contributed by atoms with Crippen LogP contribution in [0.4, 0.5) is 0 Å². The Hall–Kier alpha value is -3.15. The summed E-state index contributed by atoms with van der Waals surface area (Å²) in [5.74, 6) is -1.56. The average Bonchev–Trinajstić information content (AvgIpc) is 2.61. The second-order valence-corrected chi connectivity index (χ2v) is 6.94. The van der Waals surface area contributed by atoms with E-state index in [-0.39, 0.29) is 24.7 Å². The van der Waals surface area contributed by atoms with Gasteiger partial charge < -0.3 is 15.7 Å². The largest absolute Gasteiger partial charge is 0.481 e. The van der Waals surface area contributed by atoms with Gasteiger partial charge in [0.05, 0.1) is 24.9 Å². The van der Waals surface area contributed by atoms with E-state index < -0.39 is 18.1 Å². The molecule has 2 aromatic rings. The van der Waals surface area contributed by atoms with Gasteiger partial charge in [0.15, 0.2) is 0 Å².